The molecule has 1 aliphatic rings. The minimum Gasteiger partial charge on any atom is -0.495 e. The maximum absolute atomic E-state index is 12.3. The van der Waals surface area contributed by atoms with Gasteiger partial charge in [0.1, 0.15) is 12.0 Å². The molecule has 8 nitrogen and oxygen atoms in total. The number of ether oxygens (including phenoxy) is 1. The Balaban J connectivity index is 1.43. The lowest BCUT2D eigenvalue weighted by Gasteiger charge is -2.31. The highest BCUT2D eigenvalue weighted by atomic mass is 16.5. The van der Waals surface area contributed by atoms with Crippen molar-refractivity contribution in [2.24, 2.45) is 5.92 Å². The number of piperidine rings is 1. The Kier molecular flexibility index (Phi) is 6.31. The SMILES string of the molecule is COc1ccccc1NC(=O)C(=O)NCC1CCN(C(=O)c2ccoc2)CC1. The van der Waals surface area contributed by atoms with Crippen molar-refractivity contribution in [2.45, 2.75) is 12.8 Å². The van der Waals surface area contributed by atoms with Crippen molar-refractivity contribution in [3.63, 3.8) is 0 Å². The summed E-state index contributed by atoms with van der Waals surface area (Å²) in [6.45, 7) is 1.61. The number of para-hydroxylation sites is 2. The standard InChI is InChI=1S/C20H23N3O5/c1-27-17-5-3-2-4-16(17)22-19(25)18(24)21-12-14-6-9-23(10-7-14)20(26)15-8-11-28-13-15/h2-5,8,11,13-14H,6-7,9-10,12H2,1H3,(H,21,24)(H,22,25). The summed E-state index contributed by atoms with van der Waals surface area (Å²) in [4.78, 5) is 38.2. The van der Waals surface area contributed by atoms with Gasteiger partial charge in [-0.25, -0.2) is 0 Å². The predicted octanol–water partition coefficient (Wildman–Crippen LogP) is 1.90. The third-order valence-electron chi connectivity index (χ3n) is 4.78. The molecule has 148 valence electrons. The number of hydrogen-bond acceptors (Lipinski definition) is 5. The first-order valence-corrected chi connectivity index (χ1v) is 9.12. The Hall–Kier alpha value is -3.29. The highest BCUT2D eigenvalue weighted by Gasteiger charge is 2.25. The molecule has 0 unspecified atom stereocenters. The van der Waals surface area contributed by atoms with Gasteiger partial charge in [-0.3, -0.25) is 14.4 Å². The number of nitrogens with one attached hydrogen (secondary N) is 2. The average Bonchev–Trinajstić information content (AvgIpc) is 3.27. The molecule has 8 heteroatoms. The molecule has 2 heterocycles. The van der Waals surface area contributed by atoms with E-state index in [1.54, 1.807) is 35.2 Å². The van der Waals surface area contributed by atoms with Crippen LogP contribution in [0.25, 0.3) is 0 Å². The van der Waals surface area contributed by atoms with Gasteiger partial charge in [0, 0.05) is 19.6 Å². The topological polar surface area (TPSA) is 101 Å². The number of hydrogen-bond donors (Lipinski definition) is 2. The molecule has 2 N–H and O–H groups in total. The van der Waals surface area contributed by atoms with Crippen molar-refractivity contribution in [3.05, 3.63) is 48.4 Å². The minimum absolute atomic E-state index is 0.0487. The van der Waals surface area contributed by atoms with E-state index >= 15 is 0 Å². The van der Waals surface area contributed by atoms with Crippen molar-refractivity contribution >= 4 is 23.4 Å². The molecule has 0 bridgehead atoms. The largest absolute Gasteiger partial charge is 0.495 e. The molecule has 3 amide bonds. The average molecular weight is 385 g/mol. The summed E-state index contributed by atoms with van der Waals surface area (Å²) in [6.07, 6.45) is 4.44. The number of furan rings is 1. The zero-order valence-corrected chi connectivity index (χ0v) is 15.6. The highest BCUT2D eigenvalue weighted by Crippen LogP contribution is 2.23. The Morgan fingerprint density at radius 1 is 1.14 bits per heavy atom. The number of methoxy groups -OCH3 is 1. The van der Waals surface area contributed by atoms with Gasteiger partial charge in [0.25, 0.3) is 5.91 Å². The van der Waals surface area contributed by atoms with Crippen molar-refractivity contribution in [3.8, 4) is 5.75 Å². The van der Waals surface area contributed by atoms with Crippen LogP contribution in [-0.2, 0) is 9.59 Å². The van der Waals surface area contributed by atoms with Gasteiger partial charge in [0.05, 0.1) is 24.6 Å². The van der Waals surface area contributed by atoms with E-state index in [-0.39, 0.29) is 11.8 Å². The summed E-state index contributed by atoms with van der Waals surface area (Å²) < 4.78 is 10.1. The van der Waals surface area contributed by atoms with Crippen LogP contribution in [0.5, 0.6) is 5.75 Å². The number of likely N-dealkylation sites (tertiary alicyclic amines) is 1. The third kappa shape index (κ3) is 4.70. The van der Waals surface area contributed by atoms with Crippen LogP contribution < -0.4 is 15.4 Å². The zero-order valence-electron chi connectivity index (χ0n) is 15.6. The molecule has 0 saturated carbocycles. The van der Waals surface area contributed by atoms with E-state index in [4.69, 9.17) is 9.15 Å². The number of rotatable bonds is 5. The molecule has 3 rings (SSSR count). The van der Waals surface area contributed by atoms with Crippen molar-refractivity contribution in [2.75, 3.05) is 32.1 Å². The second-order valence-electron chi connectivity index (χ2n) is 6.61. The van der Waals surface area contributed by atoms with E-state index in [1.165, 1.54) is 19.6 Å². The van der Waals surface area contributed by atoms with Crippen molar-refractivity contribution < 1.29 is 23.5 Å². The van der Waals surface area contributed by atoms with E-state index < -0.39 is 11.8 Å². The number of nitrogens with zero attached hydrogens (tertiary/aromatic N) is 1. The normalized spacial score (nSPS) is 14.4. The van der Waals surface area contributed by atoms with Crippen LogP contribution in [0.15, 0.2) is 47.3 Å². The second kappa shape index (κ2) is 9.07. The zero-order chi connectivity index (χ0) is 19.9. The van der Waals surface area contributed by atoms with Gasteiger partial charge in [0.2, 0.25) is 0 Å². The summed E-state index contributed by atoms with van der Waals surface area (Å²) in [7, 11) is 1.49. The Labute approximate surface area is 162 Å². The molecule has 0 radical (unpaired) electrons. The molecule has 0 atom stereocenters. The Morgan fingerprint density at radius 2 is 1.89 bits per heavy atom. The molecule has 1 fully saturated rings. The lowest BCUT2D eigenvalue weighted by atomic mass is 9.96. The first-order valence-electron chi connectivity index (χ1n) is 9.12. The van der Waals surface area contributed by atoms with Crippen LogP contribution in [0.3, 0.4) is 0 Å². The number of carbonyl (C=O) groups excluding carboxylic acids is 3. The summed E-state index contributed by atoms with van der Waals surface area (Å²) >= 11 is 0. The number of benzene rings is 1. The fraction of sp³-hybridized carbons (Fsp3) is 0.350. The molecule has 1 aromatic carbocycles. The summed E-state index contributed by atoms with van der Waals surface area (Å²) in [5.74, 6) is -0.776. The van der Waals surface area contributed by atoms with Crippen molar-refractivity contribution in [1.29, 1.82) is 0 Å². The molecule has 0 aliphatic carbocycles. The number of amides is 3. The van der Waals surface area contributed by atoms with Gasteiger partial charge in [-0.15, -0.1) is 0 Å². The van der Waals surface area contributed by atoms with Crippen LogP contribution in [0.2, 0.25) is 0 Å². The lowest BCUT2D eigenvalue weighted by Crippen LogP contribution is -2.43. The summed E-state index contributed by atoms with van der Waals surface area (Å²) in [6, 6.07) is 8.53. The Bertz CT molecular complexity index is 826. The maximum atomic E-state index is 12.3. The molecular weight excluding hydrogens is 362 g/mol. The quantitative estimate of drug-likeness (QED) is 0.766. The molecule has 1 aliphatic heterocycles. The van der Waals surface area contributed by atoms with Crippen LogP contribution in [0.4, 0.5) is 5.69 Å². The van der Waals surface area contributed by atoms with E-state index in [9.17, 15) is 14.4 Å². The molecule has 2 aromatic rings. The van der Waals surface area contributed by atoms with Gasteiger partial charge < -0.3 is 24.7 Å². The van der Waals surface area contributed by atoms with E-state index in [0.717, 1.165) is 12.8 Å². The fourth-order valence-electron chi connectivity index (χ4n) is 3.15. The maximum Gasteiger partial charge on any atom is 0.313 e. The molecular formula is C20H23N3O5. The van der Waals surface area contributed by atoms with Gasteiger partial charge in [-0.1, -0.05) is 12.1 Å². The lowest BCUT2D eigenvalue weighted by molar-refractivity contribution is -0.136. The predicted molar refractivity (Wildman–Crippen MR) is 102 cm³/mol. The van der Waals surface area contributed by atoms with Gasteiger partial charge in [-0.2, -0.15) is 0 Å². The monoisotopic (exact) mass is 385 g/mol. The third-order valence-corrected chi connectivity index (χ3v) is 4.78. The molecule has 0 spiro atoms. The van der Waals surface area contributed by atoms with E-state index in [1.807, 2.05) is 0 Å². The first-order chi connectivity index (χ1) is 13.6. The van der Waals surface area contributed by atoms with Crippen LogP contribution in [0, 0.1) is 5.92 Å². The minimum atomic E-state index is -0.739. The van der Waals surface area contributed by atoms with Gasteiger partial charge in [-0.05, 0) is 37.0 Å². The molecule has 28 heavy (non-hydrogen) atoms. The van der Waals surface area contributed by atoms with Crippen LogP contribution >= 0.6 is 0 Å². The van der Waals surface area contributed by atoms with E-state index in [2.05, 4.69) is 10.6 Å². The second-order valence-corrected chi connectivity index (χ2v) is 6.61. The van der Waals surface area contributed by atoms with Gasteiger partial charge in [0.15, 0.2) is 0 Å². The van der Waals surface area contributed by atoms with Gasteiger partial charge >= 0.3 is 11.8 Å². The summed E-state index contributed by atoms with van der Waals surface area (Å²) in [5.41, 5.74) is 0.982. The number of anilines is 1. The number of carbonyl (C=O) groups is 3. The highest BCUT2D eigenvalue weighted by molar-refractivity contribution is 6.39. The van der Waals surface area contributed by atoms with Crippen LogP contribution in [-0.4, -0.2) is 49.4 Å². The molecule has 1 saturated heterocycles. The smallest absolute Gasteiger partial charge is 0.313 e. The van der Waals surface area contributed by atoms with E-state index in [0.29, 0.717) is 36.6 Å². The Morgan fingerprint density at radius 3 is 2.57 bits per heavy atom. The summed E-state index contributed by atoms with van der Waals surface area (Å²) in [5, 5.41) is 5.22. The molecule has 1 aromatic heterocycles. The van der Waals surface area contributed by atoms with Crippen molar-refractivity contribution in [1.82, 2.24) is 10.2 Å². The first kappa shape index (κ1) is 19.5. The van der Waals surface area contributed by atoms with Crippen LogP contribution in [0.1, 0.15) is 23.2 Å². The fourth-order valence-corrected chi connectivity index (χ4v) is 3.15.